The fourth-order valence-electron chi connectivity index (χ4n) is 15.0. The van der Waals surface area contributed by atoms with Gasteiger partial charge in [0.05, 0.1) is 49.1 Å². The fourth-order valence-corrected chi connectivity index (χ4v) is 15.0. The summed E-state index contributed by atoms with van der Waals surface area (Å²) in [6.45, 7) is 30.6. The molecular formula is C86H118F6N10O7. The molecule has 3 amide bonds. The van der Waals surface area contributed by atoms with Crippen molar-refractivity contribution in [2.24, 2.45) is 0 Å². The number of aliphatic hydroxyl groups excluding tert-OH is 4. The number of benzene rings is 6. The van der Waals surface area contributed by atoms with Crippen LogP contribution in [0.15, 0.2) is 127 Å². The lowest BCUT2D eigenvalue weighted by molar-refractivity contribution is -0.121. The number of hydrogen-bond acceptors (Lipinski definition) is 14. The Morgan fingerprint density at radius 2 is 0.725 bits per heavy atom. The second-order valence-corrected chi connectivity index (χ2v) is 33.0. The van der Waals surface area contributed by atoms with Crippen molar-refractivity contribution in [3.05, 3.63) is 212 Å². The van der Waals surface area contributed by atoms with Gasteiger partial charge in [-0.05, 0) is 174 Å². The highest BCUT2D eigenvalue weighted by Crippen LogP contribution is 2.39. The molecule has 3 aliphatic rings. The van der Waals surface area contributed by atoms with Gasteiger partial charge < -0.3 is 67.4 Å². The molecule has 6 aromatic rings. The molecule has 0 bridgehead atoms. The van der Waals surface area contributed by atoms with Crippen LogP contribution in [0.4, 0.5) is 26.3 Å². The summed E-state index contributed by atoms with van der Waals surface area (Å²) in [5.41, 5.74) is 7.07. The van der Waals surface area contributed by atoms with E-state index < -0.39 is 82.4 Å². The molecule has 3 aliphatic heterocycles. The minimum Gasteiger partial charge on any atom is -0.395 e. The number of aliphatic hydroxyl groups is 4. The van der Waals surface area contributed by atoms with Crippen LogP contribution in [0.2, 0.25) is 0 Å². The van der Waals surface area contributed by atoms with E-state index >= 15 is 0 Å². The van der Waals surface area contributed by atoms with Crippen LogP contribution in [0.3, 0.4) is 0 Å². The highest BCUT2D eigenvalue weighted by atomic mass is 19.2. The topological polar surface area (TPSA) is 247 Å². The van der Waals surface area contributed by atoms with E-state index in [1.54, 1.807) is 0 Å². The van der Waals surface area contributed by atoms with Gasteiger partial charge in [-0.3, -0.25) is 14.4 Å². The second kappa shape index (κ2) is 40.0. The number of nitrogens with one attached hydrogen (secondary N) is 7. The maximum Gasteiger partial charge on any atom is 0.217 e. The van der Waals surface area contributed by atoms with Gasteiger partial charge in [-0.25, -0.2) is 26.3 Å². The Bertz CT molecular complexity index is 3910. The zero-order valence-corrected chi connectivity index (χ0v) is 65.8. The van der Waals surface area contributed by atoms with Crippen LogP contribution in [0, 0.1) is 46.2 Å². The summed E-state index contributed by atoms with van der Waals surface area (Å²) in [5.74, 6) is -5.13. The number of halogens is 6. The van der Waals surface area contributed by atoms with Crippen LogP contribution in [0.5, 0.6) is 0 Å². The number of hydrogen-bond donors (Lipinski definition) is 11. The van der Waals surface area contributed by atoms with Gasteiger partial charge in [0.15, 0.2) is 0 Å². The molecule has 0 aromatic heterocycles. The van der Waals surface area contributed by atoms with E-state index in [0.29, 0.717) is 29.7 Å². The van der Waals surface area contributed by atoms with Crippen molar-refractivity contribution in [3.63, 3.8) is 0 Å². The monoisotopic (exact) mass is 1520 g/mol. The second-order valence-electron chi connectivity index (χ2n) is 33.0. The first kappa shape index (κ1) is 88.6. The van der Waals surface area contributed by atoms with Crippen LogP contribution >= 0.6 is 0 Å². The molecule has 596 valence electrons. The summed E-state index contributed by atoms with van der Waals surface area (Å²) in [6.07, 6.45) is 2.70. The minimum absolute atomic E-state index is 0.0143. The Balaban J connectivity index is 0.000000228. The van der Waals surface area contributed by atoms with E-state index in [1.165, 1.54) is 79.4 Å². The molecule has 6 aromatic carbocycles. The van der Waals surface area contributed by atoms with Gasteiger partial charge >= 0.3 is 0 Å². The largest absolute Gasteiger partial charge is 0.395 e. The number of amides is 3. The van der Waals surface area contributed by atoms with Crippen molar-refractivity contribution >= 4 is 17.7 Å². The number of carbonyl (C=O) groups excluding carboxylic acids is 3. The molecule has 0 unspecified atom stereocenters. The molecule has 11 N–H and O–H groups in total. The predicted octanol–water partition coefficient (Wildman–Crippen LogP) is 10.9. The quantitative estimate of drug-likeness (QED) is 0.0205. The Morgan fingerprint density at radius 1 is 0.450 bits per heavy atom. The molecule has 3 fully saturated rings. The van der Waals surface area contributed by atoms with Crippen LogP contribution in [0.1, 0.15) is 178 Å². The van der Waals surface area contributed by atoms with Crippen LogP contribution < -0.4 is 37.2 Å². The number of rotatable bonds is 28. The lowest BCUT2D eigenvalue weighted by atomic mass is 9.77. The molecule has 3 saturated heterocycles. The smallest absolute Gasteiger partial charge is 0.217 e. The first-order chi connectivity index (χ1) is 51.3. The Kier molecular flexibility index (Phi) is 32.6. The molecule has 9 rings (SSSR count). The zero-order chi connectivity index (χ0) is 80.1. The van der Waals surface area contributed by atoms with Gasteiger partial charge in [-0.15, -0.1) is 0 Å². The Hall–Kier alpha value is -7.60. The zero-order valence-electron chi connectivity index (χ0n) is 65.8. The van der Waals surface area contributed by atoms with Gasteiger partial charge in [0.25, 0.3) is 0 Å². The van der Waals surface area contributed by atoms with E-state index in [-0.39, 0.29) is 85.0 Å². The van der Waals surface area contributed by atoms with Crippen molar-refractivity contribution in [2.45, 2.75) is 217 Å². The molecule has 0 aliphatic carbocycles. The average molecular weight is 1520 g/mol. The van der Waals surface area contributed by atoms with Gasteiger partial charge in [-0.2, -0.15) is 5.26 Å². The molecule has 3 heterocycles. The summed E-state index contributed by atoms with van der Waals surface area (Å²) in [6, 6.07) is 35.4. The van der Waals surface area contributed by atoms with E-state index in [4.69, 9.17) is 5.26 Å². The van der Waals surface area contributed by atoms with Crippen LogP contribution in [-0.2, 0) is 66.5 Å². The summed E-state index contributed by atoms with van der Waals surface area (Å²) in [5, 5.41) is 74.3. The number of piperidine rings is 3. The highest BCUT2D eigenvalue weighted by molar-refractivity contribution is 5.74. The average Bonchev–Trinajstić information content (AvgIpc) is 0.791. The number of nitriles is 1. The maximum atomic E-state index is 13.8. The number of β-amino-alcohol motifs (C(OH)–C–C–N with tert-alkyl or cyclic N) is 1. The number of carbonyl (C=O) groups is 3. The van der Waals surface area contributed by atoms with E-state index in [0.717, 1.165) is 114 Å². The van der Waals surface area contributed by atoms with Crippen molar-refractivity contribution in [3.8, 4) is 6.07 Å². The Labute approximate surface area is 641 Å². The molecule has 0 spiro atoms. The van der Waals surface area contributed by atoms with Crippen molar-refractivity contribution < 1.29 is 61.2 Å². The summed E-state index contributed by atoms with van der Waals surface area (Å²) >= 11 is 0. The predicted molar refractivity (Wildman–Crippen MR) is 416 cm³/mol. The molecule has 17 nitrogen and oxygen atoms in total. The van der Waals surface area contributed by atoms with Crippen molar-refractivity contribution in [1.29, 1.82) is 5.26 Å². The van der Waals surface area contributed by atoms with Gasteiger partial charge in [0.2, 0.25) is 17.7 Å². The summed E-state index contributed by atoms with van der Waals surface area (Å²) in [7, 11) is 0. The summed E-state index contributed by atoms with van der Waals surface area (Å²) < 4.78 is 82.4. The molecular weight excluding hydrogens is 1400 g/mol. The highest BCUT2D eigenvalue weighted by Gasteiger charge is 2.41. The molecule has 6 atom stereocenters. The number of likely N-dealkylation sites (tertiary alicyclic amines) is 2. The minimum atomic E-state index is -0.996. The lowest BCUT2D eigenvalue weighted by Crippen LogP contribution is -2.56. The first-order valence-corrected chi connectivity index (χ1v) is 38.2. The Morgan fingerprint density at radius 3 is 0.982 bits per heavy atom. The third-order valence-corrected chi connectivity index (χ3v) is 21.3. The molecule has 109 heavy (non-hydrogen) atoms. The SMILES string of the molecule is CC(=O)N[C@@H](Cc1cc(F)cc(F)c1)[C@H](O)CNC1(c2cccc(C(C)(C)C)c2)CCN(CCC#N)CC1.CC(=O)N[C@@H](Cc1cc(F)cc(F)c1)[C@H](O)CNC1(c2cccc(C(C)(C)C)c2)CCN(CCO)CC1.CC(=O)N[C@@H](Cc1cc(F)cc(F)c1)[C@H](O)CNC1(c2cccc(C(C)(C)C)c2)CCNCC1. The van der Waals surface area contributed by atoms with E-state index in [1.807, 2.05) is 0 Å². The molecule has 23 heteroatoms. The van der Waals surface area contributed by atoms with Crippen molar-refractivity contribution in [2.75, 3.05) is 78.6 Å². The van der Waals surface area contributed by atoms with Crippen LogP contribution in [-0.4, -0.2) is 163 Å². The standard InChI is InChI=1S/C30H40F2N4O2.C29H41F2N3O3.C27H37F2N3O2/c1-21(37)35-27(17-22-15-25(31)19-26(32)16-22)28(38)20-34-30(9-13-36(14-10-30)12-6-11-33)24-8-5-7-23(18-24)29(2,3)4;1-20(36)33-26(16-21-14-24(30)18-25(31)15-21)27(37)19-32-29(8-10-34(11-9-29)12-13-35)23-7-5-6-22(17-23)28(2,3)4;1-18(33)32-24(14-19-12-22(28)16-23(29)13-19)25(34)17-31-27(8-10-30-11-9-27)21-7-5-6-20(15-21)26(2,3)4/h5,7-8,15-16,18-19,27-28,34,38H,6,9-10,12-14,17,20H2,1-4H3,(H,35,37);5-7,14-15,17-18,26-27,32,35,37H,8-13,16,19H2,1-4H3,(H,33,36);5-7,12-13,15-16,24-25,30-31,34H,8-11,14,17H2,1-4H3,(H,32,33)/t27-,28+;26-,27+;24-,25+/m000/s1. The summed E-state index contributed by atoms with van der Waals surface area (Å²) in [4.78, 5) is 40.1. The lowest BCUT2D eigenvalue weighted by Gasteiger charge is -2.44. The van der Waals surface area contributed by atoms with Crippen molar-refractivity contribution in [1.82, 2.24) is 47.0 Å². The third kappa shape index (κ3) is 27.1. The number of nitrogens with zero attached hydrogens (tertiary/aromatic N) is 3. The van der Waals surface area contributed by atoms with Gasteiger partial charge in [0.1, 0.15) is 34.9 Å². The van der Waals surface area contributed by atoms with Gasteiger partial charge in [-0.1, -0.05) is 135 Å². The maximum absolute atomic E-state index is 13.8. The normalized spacial score (nSPS) is 17.7. The molecule has 0 radical (unpaired) electrons. The molecule has 0 saturated carbocycles. The first-order valence-electron chi connectivity index (χ1n) is 38.2. The van der Waals surface area contributed by atoms with Crippen LogP contribution in [0.25, 0.3) is 0 Å². The van der Waals surface area contributed by atoms with E-state index in [9.17, 15) is 61.2 Å². The van der Waals surface area contributed by atoms with E-state index in [2.05, 4.69) is 188 Å². The van der Waals surface area contributed by atoms with Gasteiger partial charge in [0, 0.05) is 121 Å². The fraction of sp³-hybridized carbons (Fsp3) is 0.535. The third-order valence-electron chi connectivity index (χ3n) is 21.3.